The van der Waals surface area contributed by atoms with Crippen LogP contribution in [0.25, 0.3) is 6.08 Å². The third-order valence-corrected chi connectivity index (χ3v) is 7.05. The van der Waals surface area contributed by atoms with Crippen LogP contribution in [0.4, 0.5) is 11.4 Å². The van der Waals surface area contributed by atoms with Gasteiger partial charge >= 0.3 is 0 Å². The van der Waals surface area contributed by atoms with E-state index in [0.717, 1.165) is 0 Å². The van der Waals surface area contributed by atoms with Gasteiger partial charge in [0.2, 0.25) is 5.91 Å². The van der Waals surface area contributed by atoms with Gasteiger partial charge < -0.3 is 5.32 Å². The number of nitrogens with zero attached hydrogens (tertiary/aromatic N) is 1. The number of anilines is 2. The first kappa shape index (κ1) is 24.4. The van der Waals surface area contributed by atoms with Gasteiger partial charge in [-0.3, -0.25) is 14.4 Å². The fraction of sp³-hybridized carbons (Fsp3) is 0.0833. The highest BCUT2D eigenvalue weighted by atomic mass is 35.5. The van der Waals surface area contributed by atoms with Gasteiger partial charge in [0.25, 0.3) is 10.0 Å². The Kier molecular flexibility index (Phi) is 8.21. The minimum atomic E-state index is -3.72. The van der Waals surface area contributed by atoms with E-state index in [1.165, 1.54) is 22.5 Å². The van der Waals surface area contributed by atoms with E-state index < -0.39 is 15.9 Å². The largest absolute Gasteiger partial charge is 0.332 e. The molecule has 33 heavy (non-hydrogen) atoms. The van der Waals surface area contributed by atoms with Crippen LogP contribution in [0.5, 0.6) is 0 Å². The average molecular weight is 500 g/mol. The van der Waals surface area contributed by atoms with Crippen molar-refractivity contribution in [1.29, 1.82) is 0 Å². The van der Waals surface area contributed by atoms with Crippen LogP contribution >= 0.6 is 23.8 Å². The van der Waals surface area contributed by atoms with Gasteiger partial charge in [-0.1, -0.05) is 48.0 Å². The van der Waals surface area contributed by atoms with Crippen LogP contribution in [0.1, 0.15) is 12.5 Å². The number of amides is 1. The molecule has 3 rings (SSSR count). The number of sulfonamides is 1. The second kappa shape index (κ2) is 11.1. The molecule has 0 unspecified atom stereocenters. The average Bonchev–Trinajstić information content (AvgIpc) is 2.80. The number of hydrogen-bond acceptors (Lipinski definition) is 4. The molecule has 170 valence electrons. The predicted molar refractivity (Wildman–Crippen MR) is 138 cm³/mol. The van der Waals surface area contributed by atoms with Gasteiger partial charge in [0, 0.05) is 23.3 Å². The summed E-state index contributed by atoms with van der Waals surface area (Å²) in [7, 11) is -3.72. The summed E-state index contributed by atoms with van der Waals surface area (Å²) >= 11 is 11.2. The maximum absolute atomic E-state index is 13.1. The molecule has 1 amide bonds. The van der Waals surface area contributed by atoms with E-state index in [4.69, 9.17) is 23.8 Å². The van der Waals surface area contributed by atoms with Crippen molar-refractivity contribution in [1.82, 2.24) is 5.32 Å². The highest BCUT2D eigenvalue weighted by Gasteiger charge is 2.23. The second-order valence-corrected chi connectivity index (χ2v) is 9.51. The Morgan fingerprint density at radius 3 is 2.27 bits per heavy atom. The van der Waals surface area contributed by atoms with E-state index in [9.17, 15) is 13.2 Å². The summed E-state index contributed by atoms with van der Waals surface area (Å²) < 4.78 is 27.5. The van der Waals surface area contributed by atoms with Gasteiger partial charge in [-0.05, 0) is 73.2 Å². The summed E-state index contributed by atoms with van der Waals surface area (Å²) in [5, 5.41) is 6.02. The summed E-state index contributed by atoms with van der Waals surface area (Å²) in [6, 6.07) is 22.2. The molecular weight excluding hydrogens is 478 g/mol. The van der Waals surface area contributed by atoms with Crippen molar-refractivity contribution in [2.45, 2.75) is 11.8 Å². The number of carbonyl (C=O) groups excluding carboxylic acids is 1. The number of para-hydroxylation sites is 1. The van der Waals surface area contributed by atoms with Gasteiger partial charge in [0.15, 0.2) is 5.11 Å². The minimum Gasteiger partial charge on any atom is -0.332 e. The summed E-state index contributed by atoms with van der Waals surface area (Å²) in [6.45, 7) is 2.08. The van der Waals surface area contributed by atoms with Crippen LogP contribution in [0.15, 0.2) is 89.8 Å². The van der Waals surface area contributed by atoms with Crippen LogP contribution in [0.2, 0.25) is 5.02 Å². The summed E-state index contributed by atoms with van der Waals surface area (Å²) in [6.07, 6.45) is 2.92. The standard InChI is InChI=1S/C24H22ClN3O3S2/c1-2-28(20-9-4-3-5-10-20)33(30,31)21-15-13-19(14-16-21)26-24(32)27-23(29)17-12-18-8-6-7-11-22(18)25/h3-17H,2H2,1H3,(H2,26,27,29,32). The van der Waals surface area contributed by atoms with E-state index in [0.29, 0.717) is 28.5 Å². The van der Waals surface area contributed by atoms with Crippen molar-refractivity contribution in [2.75, 3.05) is 16.2 Å². The second-order valence-electron chi connectivity index (χ2n) is 6.83. The fourth-order valence-electron chi connectivity index (χ4n) is 3.01. The lowest BCUT2D eigenvalue weighted by molar-refractivity contribution is -0.115. The summed E-state index contributed by atoms with van der Waals surface area (Å²) in [5.41, 5.74) is 1.84. The van der Waals surface area contributed by atoms with Crippen molar-refractivity contribution in [3.8, 4) is 0 Å². The molecule has 0 aliphatic carbocycles. The SMILES string of the molecule is CCN(c1ccccc1)S(=O)(=O)c1ccc(NC(=S)NC(=O)C=Cc2ccccc2Cl)cc1. The zero-order valence-corrected chi connectivity index (χ0v) is 20.1. The molecule has 2 N–H and O–H groups in total. The topological polar surface area (TPSA) is 78.5 Å². The van der Waals surface area contributed by atoms with E-state index in [-0.39, 0.29) is 10.0 Å². The predicted octanol–water partition coefficient (Wildman–Crippen LogP) is 5.08. The molecule has 0 radical (unpaired) electrons. The Bertz CT molecular complexity index is 1260. The molecular formula is C24H22ClN3O3S2. The Morgan fingerprint density at radius 2 is 1.64 bits per heavy atom. The molecule has 0 saturated heterocycles. The van der Waals surface area contributed by atoms with Gasteiger partial charge in [-0.2, -0.15) is 0 Å². The zero-order chi connectivity index (χ0) is 23.8. The van der Waals surface area contributed by atoms with E-state index in [1.54, 1.807) is 67.6 Å². The molecule has 3 aromatic rings. The number of rotatable bonds is 7. The first-order valence-corrected chi connectivity index (χ1v) is 12.3. The number of hydrogen-bond donors (Lipinski definition) is 2. The molecule has 0 spiro atoms. The molecule has 0 aliphatic rings. The summed E-state index contributed by atoms with van der Waals surface area (Å²) in [4.78, 5) is 12.3. The molecule has 0 fully saturated rings. The van der Waals surface area contributed by atoms with E-state index in [1.807, 2.05) is 12.1 Å². The number of halogens is 1. The van der Waals surface area contributed by atoms with Crippen molar-refractivity contribution in [3.05, 3.63) is 95.5 Å². The molecule has 0 aliphatic heterocycles. The Hall–Kier alpha value is -3.20. The van der Waals surface area contributed by atoms with Crippen molar-refractivity contribution < 1.29 is 13.2 Å². The Labute approximate surface area is 203 Å². The van der Waals surface area contributed by atoms with Gasteiger partial charge in [-0.15, -0.1) is 0 Å². The molecule has 0 bridgehead atoms. The smallest absolute Gasteiger partial charge is 0.264 e. The third-order valence-electron chi connectivity index (χ3n) is 4.59. The number of nitrogens with one attached hydrogen (secondary N) is 2. The van der Waals surface area contributed by atoms with Crippen LogP contribution in [0.3, 0.4) is 0 Å². The van der Waals surface area contributed by atoms with Crippen LogP contribution in [0, 0.1) is 0 Å². The number of benzene rings is 3. The van der Waals surface area contributed by atoms with E-state index in [2.05, 4.69) is 10.6 Å². The highest BCUT2D eigenvalue weighted by molar-refractivity contribution is 7.92. The monoisotopic (exact) mass is 499 g/mol. The van der Waals surface area contributed by atoms with Crippen LogP contribution < -0.4 is 14.9 Å². The first-order chi connectivity index (χ1) is 15.8. The lowest BCUT2D eigenvalue weighted by atomic mass is 10.2. The Balaban J connectivity index is 1.63. The number of carbonyl (C=O) groups is 1. The summed E-state index contributed by atoms with van der Waals surface area (Å²) in [5.74, 6) is -0.423. The molecule has 9 heteroatoms. The van der Waals surface area contributed by atoms with E-state index >= 15 is 0 Å². The van der Waals surface area contributed by atoms with Gasteiger partial charge in [-0.25, -0.2) is 8.42 Å². The third kappa shape index (κ3) is 6.41. The Morgan fingerprint density at radius 1 is 1.00 bits per heavy atom. The maximum Gasteiger partial charge on any atom is 0.264 e. The van der Waals surface area contributed by atoms with Crippen LogP contribution in [-0.4, -0.2) is 26.0 Å². The highest BCUT2D eigenvalue weighted by Crippen LogP contribution is 2.24. The fourth-order valence-corrected chi connectivity index (χ4v) is 4.91. The lowest BCUT2D eigenvalue weighted by Gasteiger charge is -2.23. The normalized spacial score (nSPS) is 11.2. The van der Waals surface area contributed by atoms with Gasteiger partial charge in [0.1, 0.15) is 0 Å². The quantitative estimate of drug-likeness (QED) is 0.350. The minimum absolute atomic E-state index is 0.0823. The zero-order valence-electron chi connectivity index (χ0n) is 17.7. The van der Waals surface area contributed by atoms with Crippen molar-refractivity contribution >= 4 is 62.3 Å². The molecule has 3 aromatic carbocycles. The van der Waals surface area contributed by atoms with Gasteiger partial charge in [0.05, 0.1) is 10.6 Å². The maximum atomic E-state index is 13.1. The first-order valence-electron chi connectivity index (χ1n) is 10.0. The lowest BCUT2D eigenvalue weighted by Crippen LogP contribution is -2.33. The van der Waals surface area contributed by atoms with Crippen molar-refractivity contribution in [2.24, 2.45) is 0 Å². The van der Waals surface area contributed by atoms with Crippen molar-refractivity contribution in [3.63, 3.8) is 0 Å². The number of thiocarbonyl (C=S) groups is 1. The molecule has 0 atom stereocenters. The van der Waals surface area contributed by atoms with Crippen LogP contribution in [-0.2, 0) is 14.8 Å². The molecule has 6 nitrogen and oxygen atoms in total. The molecule has 0 aromatic heterocycles. The molecule has 0 saturated carbocycles. The molecule has 0 heterocycles.